The van der Waals surface area contributed by atoms with E-state index in [1.54, 1.807) is 0 Å². The fourth-order valence-corrected chi connectivity index (χ4v) is 3.41. The van der Waals surface area contributed by atoms with Crippen molar-refractivity contribution in [3.8, 4) is 11.5 Å². The summed E-state index contributed by atoms with van der Waals surface area (Å²) >= 11 is 0. The first-order valence-corrected chi connectivity index (χ1v) is 8.74. The summed E-state index contributed by atoms with van der Waals surface area (Å²) in [7, 11) is 0. The van der Waals surface area contributed by atoms with Crippen molar-refractivity contribution in [3.05, 3.63) is 23.3 Å². The highest BCUT2D eigenvalue weighted by Gasteiger charge is 2.33. The van der Waals surface area contributed by atoms with Gasteiger partial charge in [0.2, 0.25) is 5.91 Å². The average molecular weight is 334 g/mol. The monoisotopic (exact) mass is 334 g/mol. The van der Waals surface area contributed by atoms with Crippen molar-refractivity contribution in [1.82, 2.24) is 10.2 Å². The molecule has 0 spiro atoms. The molecule has 0 aliphatic carbocycles. The number of aliphatic hydroxyl groups excluding tert-OH is 1. The predicted molar refractivity (Wildman–Crippen MR) is 90.3 cm³/mol. The Kier molecular flexibility index (Phi) is 5.26. The van der Waals surface area contributed by atoms with E-state index in [2.05, 4.69) is 5.32 Å². The molecule has 6 heteroatoms. The fourth-order valence-electron chi connectivity index (χ4n) is 3.41. The summed E-state index contributed by atoms with van der Waals surface area (Å²) in [6.45, 7) is 6.84. The molecule has 24 heavy (non-hydrogen) atoms. The van der Waals surface area contributed by atoms with Crippen molar-refractivity contribution in [3.63, 3.8) is 0 Å². The third kappa shape index (κ3) is 3.49. The Bertz CT molecular complexity index is 605. The molecule has 1 aromatic carbocycles. The molecular formula is C18H26N2O4. The van der Waals surface area contributed by atoms with Crippen LogP contribution < -0.4 is 14.8 Å². The van der Waals surface area contributed by atoms with Crippen LogP contribution in [-0.2, 0) is 17.8 Å². The molecule has 1 aromatic rings. The van der Waals surface area contributed by atoms with Gasteiger partial charge in [0.1, 0.15) is 0 Å². The molecule has 2 aliphatic heterocycles. The van der Waals surface area contributed by atoms with Crippen LogP contribution in [0.1, 0.15) is 31.4 Å². The lowest BCUT2D eigenvalue weighted by Gasteiger charge is -2.31. The molecule has 2 heterocycles. The van der Waals surface area contributed by atoms with Gasteiger partial charge in [-0.1, -0.05) is 0 Å². The highest BCUT2D eigenvalue weighted by Crippen LogP contribution is 2.34. The van der Waals surface area contributed by atoms with Crippen molar-refractivity contribution in [2.24, 2.45) is 0 Å². The van der Waals surface area contributed by atoms with Crippen LogP contribution in [0.25, 0.3) is 0 Å². The third-order valence-corrected chi connectivity index (χ3v) is 4.60. The number of hydrogen-bond donors (Lipinski definition) is 2. The van der Waals surface area contributed by atoms with Crippen LogP contribution in [0.5, 0.6) is 11.5 Å². The van der Waals surface area contributed by atoms with Gasteiger partial charge in [0.05, 0.1) is 25.4 Å². The Morgan fingerprint density at radius 1 is 1.25 bits per heavy atom. The fraction of sp³-hybridized carbons (Fsp3) is 0.611. The zero-order valence-electron chi connectivity index (χ0n) is 14.4. The SMILES string of the molecule is CCOc1cc2c(cc1OCC)CN(C(=O)[C@@H]1C[C@@H](O)CN1)CC2. The maximum Gasteiger partial charge on any atom is 0.240 e. The number of fused-ring (bicyclic) bond motifs is 1. The molecule has 132 valence electrons. The van der Waals surface area contributed by atoms with E-state index in [0.29, 0.717) is 39.3 Å². The number of rotatable bonds is 5. The van der Waals surface area contributed by atoms with Gasteiger partial charge in [0, 0.05) is 19.6 Å². The summed E-state index contributed by atoms with van der Waals surface area (Å²) in [5.74, 6) is 1.59. The van der Waals surface area contributed by atoms with Crippen LogP contribution in [0.3, 0.4) is 0 Å². The Morgan fingerprint density at radius 3 is 2.50 bits per heavy atom. The highest BCUT2D eigenvalue weighted by atomic mass is 16.5. The number of ether oxygens (including phenoxy) is 2. The summed E-state index contributed by atoms with van der Waals surface area (Å²) in [4.78, 5) is 14.5. The van der Waals surface area contributed by atoms with E-state index in [1.165, 1.54) is 5.56 Å². The molecule has 0 aromatic heterocycles. The third-order valence-electron chi connectivity index (χ3n) is 4.60. The molecule has 1 fully saturated rings. The molecule has 1 amide bonds. The number of carbonyl (C=O) groups is 1. The van der Waals surface area contributed by atoms with Gasteiger partial charge >= 0.3 is 0 Å². The molecule has 1 saturated heterocycles. The van der Waals surface area contributed by atoms with Crippen LogP contribution in [0.15, 0.2) is 12.1 Å². The molecule has 3 rings (SSSR count). The Morgan fingerprint density at radius 2 is 1.92 bits per heavy atom. The number of nitrogens with one attached hydrogen (secondary N) is 1. The summed E-state index contributed by atoms with van der Waals surface area (Å²) < 4.78 is 11.4. The number of β-amino-alcohol motifs (C(OH)–C–C–N with tert-alkyl or cyclic N) is 1. The zero-order chi connectivity index (χ0) is 17.1. The summed E-state index contributed by atoms with van der Waals surface area (Å²) in [5, 5.41) is 12.7. The molecule has 2 atom stereocenters. The lowest BCUT2D eigenvalue weighted by molar-refractivity contribution is -0.134. The number of benzene rings is 1. The van der Waals surface area contributed by atoms with E-state index in [9.17, 15) is 9.90 Å². The van der Waals surface area contributed by atoms with Crippen molar-refractivity contribution >= 4 is 5.91 Å². The first kappa shape index (κ1) is 17.0. The Balaban J connectivity index is 1.77. The predicted octanol–water partition coefficient (Wildman–Crippen LogP) is 1.09. The molecule has 0 radical (unpaired) electrons. The van der Waals surface area contributed by atoms with Gasteiger partial charge in [-0.3, -0.25) is 4.79 Å². The van der Waals surface area contributed by atoms with Crippen molar-refractivity contribution in [1.29, 1.82) is 0 Å². The van der Waals surface area contributed by atoms with E-state index in [1.807, 2.05) is 30.9 Å². The normalized spacial score (nSPS) is 23.0. The zero-order valence-corrected chi connectivity index (χ0v) is 14.4. The number of aliphatic hydroxyl groups is 1. The van der Waals surface area contributed by atoms with Gasteiger partial charge in [-0.15, -0.1) is 0 Å². The van der Waals surface area contributed by atoms with Crippen LogP contribution in [0.2, 0.25) is 0 Å². The van der Waals surface area contributed by atoms with Gasteiger partial charge in [0.15, 0.2) is 11.5 Å². The second-order valence-corrected chi connectivity index (χ2v) is 6.29. The Labute approximate surface area is 142 Å². The molecule has 0 saturated carbocycles. The minimum Gasteiger partial charge on any atom is -0.490 e. The highest BCUT2D eigenvalue weighted by molar-refractivity contribution is 5.82. The van der Waals surface area contributed by atoms with Crippen LogP contribution in [0, 0.1) is 0 Å². The average Bonchev–Trinajstić information content (AvgIpc) is 3.01. The van der Waals surface area contributed by atoms with Crippen molar-refractivity contribution < 1.29 is 19.4 Å². The van der Waals surface area contributed by atoms with E-state index in [4.69, 9.17) is 9.47 Å². The molecule has 0 bridgehead atoms. The van der Waals surface area contributed by atoms with Gasteiger partial charge in [-0.25, -0.2) is 0 Å². The first-order chi connectivity index (χ1) is 11.6. The van der Waals surface area contributed by atoms with Crippen LogP contribution in [0.4, 0.5) is 0 Å². The van der Waals surface area contributed by atoms with Gasteiger partial charge in [-0.2, -0.15) is 0 Å². The molecule has 0 unspecified atom stereocenters. The van der Waals surface area contributed by atoms with Gasteiger partial charge in [-0.05, 0) is 49.9 Å². The summed E-state index contributed by atoms with van der Waals surface area (Å²) in [5.41, 5.74) is 2.32. The molecule has 6 nitrogen and oxygen atoms in total. The number of carbonyl (C=O) groups excluding carboxylic acids is 1. The van der Waals surface area contributed by atoms with E-state index in [-0.39, 0.29) is 11.9 Å². The molecule has 2 aliphatic rings. The minimum absolute atomic E-state index is 0.0732. The molecular weight excluding hydrogens is 308 g/mol. The smallest absolute Gasteiger partial charge is 0.240 e. The van der Waals surface area contributed by atoms with Crippen LogP contribution >= 0.6 is 0 Å². The second kappa shape index (κ2) is 7.40. The van der Waals surface area contributed by atoms with Crippen LogP contribution in [-0.4, -0.2) is 54.4 Å². The lowest BCUT2D eigenvalue weighted by Crippen LogP contribution is -2.45. The standard InChI is InChI=1S/C18H26N2O4/c1-3-23-16-7-12-5-6-20(11-13(12)8-17(16)24-4-2)18(22)15-9-14(21)10-19-15/h7-8,14-15,19,21H,3-6,9-11H2,1-2H3/t14-,15+/m1/s1. The largest absolute Gasteiger partial charge is 0.490 e. The minimum atomic E-state index is -0.422. The summed E-state index contributed by atoms with van der Waals surface area (Å²) in [6.07, 6.45) is 0.882. The lowest BCUT2D eigenvalue weighted by atomic mass is 9.98. The number of amides is 1. The van der Waals surface area contributed by atoms with Crippen molar-refractivity contribution in [2.45, 2.75) is 45.4 Å². The number of hydrogen-bond acceptors (Lipinski definition) is 5. The van der Waals surface area contributed by atoms with E-state index < -0.39 is 6.10 Å². The maximum atomic E-state index is 12.6. The second-order valence-electron chi connectivity index (χ2n) is 6.29. The maximum absolute atomic E-state index is 12.6. The Hall–Kier alpha value is -1.79. The van der Waals surface area contributed by atoms with Gasteiger partial charge in [0.25, 0.3) is 0 Å². The topological polar surface area (TPSA) is 71.0 Å². The first-order valence-electron chi connectivity index (χ1n) is 8.74. The van der Waals surface area contributed by atoms with Crippen molar-refractivity contribution in [2.75, 3.05) is 26.3 Å². The quantitative estimate of drug-likeness (QED) is 0.843. The number of nitrogens with zero attached hydrogens (tertiary/aromatic N) is 1. The molecule has 2 N–H and O–H groups in total. The van der Waals surface area contributed by atoms with E-state index >= 15 is 0 Å². The van der Waals surface area contributed by atoms with Gasteiger partial charge < -0.3 is 24.8 Å². The van der Waals surface area contributed by atoms with E-state index in [0.717, 1.165) is 23.5 Å². The summed E-state index contributed by atoms with van der Waals surface area (Å²) in [6, 6.07) is 3.78.